The molecule has 0 unspecified atom stereocenters. The van der Waals surface area contributed by atoms with Crippen LogP contribution in [-0.4, -0.2) is 56.4 Å². The largest absolute Gasteiger partial charge is 0.377 e. The van der Waals surface area contributed by atoms with E-state index < -0.39 is 10.0 Å². The van der Waals surface area contributed by atoms with Gasteiger partial charge in [0.05, 0.1) is 11.0 Å². The topological polar surface area (TPSA) is 66.9 Å². The van der Waals surface area contributed by atoms with Gasteiger partial charge in [-0.1, -0.05) is 24.3 Å². The molecule has 2 aliphatic heterocycles. The second-order valence-corrected chi connectivity index (χ2v) is 9.74. The Morgan fingerprint density at radius 2 is 1.86 bits per heavy atom. The normalized spacial score (nSPS) is 19.4. The number of fused-ring (bicyclic) bond motifs is 1. The molecule has 2 aromatic carbocycles. The second kappa shape index (κ2) is 8.26. The van der Waals surface area contributed by atoms with Crippen molar-refractivity contribution < 1.29 is 17.9 Å². The molecule has 1 fully saturated rings. The maximum atomic E-state index is 12.9. The predicted molar refractivity (Wildman–Crippen MR) is 110 cm³/mol. The molecule has 4 rings (SSSR count). The minimum absolute atomic E-state index is 0.0439. The van der Waals surface area contributed by atoms with E-state index in [0.29, 0.717) is 31.8 Å². The summed E-state index contributed by atoms with van der Waals surface area (Å²) in [4.78, 5) is 14.9. The summed E-state index contributed by atoms with van der Waals surface area (Å²) in [7, 11) is -2.03. The molecule has 2 aliphatic rings. The minimum atomic E-state index is -3.61. The summed E-state index contributed by atoms with van der Waals surface area (Å²) < 4.78 is 32.5. The zero-order chi connectivity index (χ0) is 20.4. The molecule has 154 valence electrons. The van der Waals surface area contributed by atoms with Gasteiger partial charge in [-0.05, 0) is 54.7 Å². The van der Waals surface area contributed by atoms with E-state index in [2.05, 4.69) is 6.07 Å². The van der Waals surface area contributed by atoms with E-state index >= 15 is 0 Å². The van der Waals surface area contributed by atoms with Crippen molar-refractivity contribution in [1.29, 1.82) is 0 Å². The van der Waals surface area contributed by atoms with Crippen LogP contribution in [0, 0.1) is 0 Å². The average molecular weight is 415 g/mol. The first-order valence-corrected chi connectivity index (χ1v) is 11.4. The molecule has 0 bridgehead atoms. The van der Waals surface area contributed by atoms with Crippen molar-refractivity contribution in [3.8, 4) is 0 Å². The minimum Gasteiger partial charge on any atom is -0.377 e. The highest BCUT2D eigenvalue weighted by Crippen LogP contribution is 2.22. The Bertz CT molecular complexity index is 982. The fraction of sp³-hybridized carbons (Fsp3) is 0.409. The molecule has 1 atom stereocenters. The first-order valence-electron chi connectivity index (χ1n) is 9.99. The van der Waals surface area contributed by atoms with Crippen LogP contribution in [0.25, 0.3) is 0 Å². The van der Waals surface area contributed by atoms with Crippen molar-refractivity contribution in [2.24, 2.45) is 0 Å². The predicted octanol–water partition coefficient (Wildman–Crippen LogP) is 2.68. The molecular formula is C22H26N2O4S. The summed E-state index contributed by atoms with van der Waals surface area (Å²) in [5, 5.41) is 0. The summed E-state index contributed by atoms with van der Waals surface area (Å²) in [5.74, 6) is -0.0730. The lowest BCUT2D eigenvalue weighted by molar-refractivity contribution is 0.0734. The molecule has 6 nitrogen and oxygen atoms in total. The van der Waals surface area contributed by atoms with Gasteiger partial charge >= 0.3 is 0 Å². The fourth-order valence-corrected chi connectivity index (χ4v) is 5.18. The number of hydrogen-bond acceptors (Lipinski definition) is 4. The van der Waals surface area contributed by atoms with Crippen LogP contribution >= 0.6 is 0 Å². The van der Waals surface area contributed by atoms with Crippen molar-refractivity contribution in [1.82, 2.24) is 9.21 Å². The lowest BCUT2D eigenvalue weighted by Crippen LogP contribution is -2.36. The van der Waals surface area contributed by atoms with Gasteiger partial charge in [-0.3, -0.25) is 4.79 Å². The zero-order valence-electron chi connectivity index (χ0n) is 16.6. The first-order chi connectivity index (χ1) is 13.9. The number of nitrogens with zero attached hydrogens (tertiary/aromatic N) is 2. The summed E-state index contributed by atoms with van der Waals surface area (Å²) >= 11 is 0. The molecule has 0 radical (unpaired) electrons. The van der Waals surface area contributed by atoms with E-state index in [0.717, 1.165) is 19.3 Å². The molecule has 1 amide bonds. The lowest BCUT2D eigenvalue weighted by atomic mass is 9.99. The Morgan fingerprint density at radius 1 is 1.14 bits per heavy atom. The van der Waals surface area contributed by atoms with E-state index in [1.807, 2.05) is 23.1 Å². The van der Waals surface area contributed by atoms with Crippen molar-refractivity contribution in [2.75, 3.05) is 26.7 Å². The second-order valence-electron chi connectivity index (χ2n) is 7.69. The van der Waals surface area contributed by atoms with Crippen molar-refractivity contribution in [2.45, 2.75) is 36.8 Å². The van der Waals surface area contributed by atoms with Crippen LogP contribution in [0.5, 0.6) is 0 Å². The highest BCUT2D eigenvalue weighted by Gasteiger charge is 2.27. The first kappa shape index (κ1) is 20.1. The van der Waals surface area contributed by atoms with Crippen LogP contribution in [0.2, 0.25) is 0 Å². The van der Waals surface area contributed by atoms with Gasteiger partial charge in [-0.25, -0.2) is 8.42 Å². The molecule has 0 aromatic heterocycles. The third-order valence-corrected chi connectivity index (χ3v) is 7.55. The maximum Gasteiger partial charge on any atom is 0.254 e. The van der Waals surface area contributed by atoms with Crippen LogP contribution in [0.1, 0.15) is 34.3 Å². The van der Waals surface area contributed by atoms with Crippen LogP contribution in [0.4, 0.5) is 0 Å². The Balaban J connectivity index is 1.45. The molecule has 0 saturated carbocycles. The SMILES string of the molecule is CN(C[C@@H]1CCCO1)S(=O)(=O)c1ccc(C(=O)N2CCc3ccccc3C2)cc1. The molecular weight excluding hydrogens is 388 g/mol. The average Bonchev–Trinajstić information content (AvgIpc) is 3.26. The lowest BCUT2D eigenvalue weighted by Gasteiger charge is -2.29. The smallest absolute Gasteiger partial charge is 0.254 e. The van der Waals surface area contributed by atoms with Gasteiger partial charge in [-0.15, -0.1) is 0 Å². The number of likely N-dealkylation sites (N-methyl/N-ethyl adjacent to an activating group) is 1. The quantitative estimate of drug-likeness (QED) is 0.755. The van der Waals surface area contributed by atoms with Crippen LogP contribution in [0.15, 0.2) is 53.4 Å². The fourth-order valence-electron chi connectivity index (χ4n) is 3.97. The summed E-state index contributed by atoms with van der Waals surface area (Å²) in [6.07, 6.45) is 2.64. The van der Waals surface area contributed by atoms with Crippen molar-refractivity contribution in [3.05, 3.63) is 65.2 Å². The number of benzene rings is 2. The van der Waals surface area contributed by atoms with E-state index in [1.54, 1.807) is 19.2 Å². The molecule has 7 heteroatoms. The number of hydrogen-bond donors (Lipinski definition) is 0. The standard InChI is InChI=1S/C22H26N2O4S/c1-23(16-20-7-4-14-28-20)29(26,27)21-10-8-18(9-11-21)22(25)24-13-12-17-5-2-3-6-19(17)15-24/h2-3,5-6,8-11,20H,4,7,12-16H2,1H3/t20-/m0/s1. The van der Waals surface area contributed by atoms with E-state index in [1.165, 1.54) is 27.6 Å². The molecule has 0 aliphatic carbocycles. The molecule has 29 heavy (non-hydrogen) atoms. The van der Waals surface area contributed by atoms with E-state index in [4.69, 9.17) is 4.74 Å². The van der Waals surface area contributed by atoms with Gasteiger partial charge in [0.15, 0.2) is 0 Å². The Kier molecular flexibility index (Phi) is 5.72. The van der Waals surface area contributed by atoms with Gasteiger partial charge in [0.25, 0.3) is 5.91 Å². The zero-order valence-corrected chi connectivity index (χ0v) is 17.4. The Hall–Kier alpha value is -2.22. The molecule has 2 heterocycles. The molecule has 2 aromatic rings. The van der Waals surface area contributed by atoms with Crippen LogP contribution in [0.3, 0.4) is 0 Å². The monoisotopic (exact) mass is 414 g/mol. The highest BCUT2D eigenvalue weighted by molar-refractivity contribution is 7.89. The van der Waals surface area contributed by atoms with Gasteiger partial charge in [0, 0.05) is 38.9 Å². The van der Waals surface area contributed by atoms with Gasteiger partial charge in [-0.2, -0.15) is 4.31 Å². The van der Waals surface area contributed by atoms with Crippen molar-refractivity contribution >= 4 is 15.9 Å². The molecule has 0 N–H and O–H groups in total. The third-order valence-electron chi connectivity index (χ3n) is 5.71. The summed E-state index contributed by atoms with van der Waals surface area (Å²) in [6, 6.07) is 14.4. The van der Waals surface area contributed by atoms with Gasteiger partial charge in [0.1, 0.15) is 0 Å². The Labute approximate surface area is 172 Å². The number of rotatable bonds is 5. The van der Waals surface area contributed by atoms with E-state index in [-0.39, 0.29) is 16.9 Å². The molecule has 0 spiro atoms. The number of ether oxygens (including phenoxy) is 1. The Morgan fingerprint density at radius 3 is 2.55 bits per heavy atom. The summed E-state index contributed by atoms with van der Waals surface area (Å²) in [6.45, 7) is 2.28. The van der Waals surface area contributed by atoms with Crippen LogP contribution < -0.4 is 0 Å². The third kappa shape index (κ3) is 4.22. The highest BCUT2D eigenvalue weighted by atomic mass is 32.2. The maximum absolute atomic E-state index is 12.9. The van der Waals surface area contributed by atoms with E-state index in [9.17, 15) is 13.2 Å². The number of carbonyl (C=O) groups excluding carboxylic acids is 1. The number of carbonyl (C=O) groups is 1. The summed E-state index contributed by atoms with van der Waals surface area (Å²) in [5.41, 5.74) is 2.96. The van der Waals surface area contributed by atoms with Crippen molar-refractivity contribution in [3.63, 3.8) is 0 Å². The van der Waals surface area contributed by atoms with Gasteiger partial charge < -0.3 is 9.64 Å². The van der Waals surface area contributed by atoms with Crippen LogP contribution in [-0.2, 0) is 27.7 Å². The number of amides is 1. The molecule has 1 saturated heterocycles. The van der Waals surface area contributed by atoms with Gasteiger partial charge in [0.2, 0.25) is 10.0 Å². The number of sulfonamides is 1.